The molecule has 1 atom stereocenters. The van der Waals surface area contributed by atoms with Crippen molar-refractivity contribution >= 4 is 23.4 Å². The first kappa shape index (κ1) is 23.7. The summed E-state index contributed by atoms with van der Waals surface area (Å²) in [6.07, 6.45) is 0. The van der Waals surface area contributed by atoms with Crippen molar-refractivity contribution < 1.29 is 14.3 Å². The summed E-state index contributed by atoms with van der Waals surface area (Å²) in [6, 6.07) is 12.5. The van der Waals surface area contributed by atoms with Gasteiger partial charge in [-0.15, -0.1) is 0 Å². The molecule has 0 aliphatic heterocycles. The van der Waals surface area contributed by atoms with E-state index in [1.54, 1.807) is 13.0 Å². The highest BCUT2D eigenvalue weighted by Crippen LogP contribution is 2.20. The molecule has 30 heavy (non-hydrogen) atoms. The van der Waals surface area contributed by atoms with Gasteiger partial charge < -0.3 is 15.0 Å². The summed E-state index contributed by atoms with van der Waals surface area (Å²) in [4.78, 5) is 27.2. The van der Waals surface area contributed by atoms with E-state index in [4.69, 9.17) is 16.3 Å². The maximum atomic E-state index is 13.1. The van der Waals surface area contributed by atoms with Gasteiger partial charge in [0.15, 0.2) is 6.61 Å². The van der Waals surface area contributed by atoms with Crippen LogP contribution in [0.25, 0.3) is 0 Å². The smallest absolute Gasteiger partial charge is 0.261 e. The molecule has 2 aromatic rings. The van der Waals surface area contributed by atoms with E-state index in [9.17, 15) is 9.59 Å². The van der Waals surface area contributed by atoms with E-state index in [0.29, 0.717) is 23.2 Å². The van der Waals surface area contributed by atoms with Crippen LogP contribution in [-0.2, 0) is 16.1 Å². The molecule has 0 unspecified atom stereocenters. The Morgan fingerprint density at radius 2 is 1.70 bits per heavy atom. The minimum absolute atomic E-state index is 0.158. The third kappa shape index (κ3) is 7.06. The Bertz CT molecular complexity index is 862. The minimum Gasteiger partial charge on any atom is -0.484 e. The molecule has 0 fully saturated rings. The van der Waals surface area contributed by atoms with Crippen LogP contribution in [0.2, 0.25) is 5.02 Å². The number of aryl methyl sites for hydroxylation is 2. The number of ether oxygens (including phenoxy) is 1. The molecular weight excluding hydrogens is 400 g/mol. The quantitative estimate of drug-likeness (QED) is 0.636. The van der Waals surface area contributed by atoms with Gasteiger partial charge in [-0.2, -0.15) is 0 Å². The largest absolute Gasteiger partial charge is 0.484 e. The normalized spacial score (nSPS) is 11.8. The molecule has 2 rings (SSSR count). The van der Waals surface area contributed by atoms with Crippen molar-refractivity contribution in [2.45, 2.75) is 47.2 Å². The van der Waals surface area contributed by atoms with Crippen LogP contribution < -0.4 is 10.1 Å². The Hall–Kier alpha value is -2.53. The van der Waals surface area contributed by atoms with Crippen molar-refractivity contribution in [3.8, 4) is 5.75 Å². The molecule has 5 nitrogen and oxygen atoms in total. The number of halogens is 1. The van der Waals surface area contributed by atoms with Crippen molar-refractivity contribution in [3.63, 3.8) is 0 Å². The fourth-order valence-corrected chi connectivity index (χ4v) is 3.28. The molecule has 6 heteroatoms. The average Bonchev–Trinajstić information content (AvgIpc) is 2.68. The highest BCUT2D eigenvalue weighted by atomic mass is 35.5. The first-order valence-corrected chi connectivity index (χ1v) is 10.6. The zero-order valence-corrected chi connectivity index (χ0v) is 19.1. The van der Waals surface area contributed by atoms with E-state index in [0.717, 1.165) is 16.7 Å². The van der Waals surface area contributed by atoms with Crippen molar-refractivity contribution in [3.05, 3.63) is 64.2 Å². The van der Waals surface area contributed by atoms with Crippen LogP contribution in [0, 0.1) is 19.8 Å². The average molecular weight is 431 g/mol. The van der Waals surface area contributed by atoms with Crippen molar-refractivity contribution in [1.29, 1.82) is 0 Å². The lowest BCUT2D eigenvalue weighted by molar-refractivity contribution is -0.142. The monoisotopic (exact) mass is 430 g/mol. The van der Waals surface area contributed by atoms with Crippen LogP contribution in [-0.4, -0.2) is 35.9 Å². The molecule has 1 N–H and O–H groups in total. The predicted molar refractivity (Wildman–Crippen MR) is 121 cm³/mol. The van der Waals surface area contributed by atoms with E-state index in [2.05, 4.69) is 5.32 Å². The molecule has 0 aliphatic carbocycles. The Labute approximate surface area is 184 Å². The van der Waals surface area contributed by atoms with Gasteiger partial charge in [0.1, 0.15) is 11.8 Å². The fourth-order valence-electron chi connectivity index (χ4n) is 3.09. The number of amides is 2. The number of nitrogens with zero attached hydrogens (tertiary/aromatic N) is 1. The second kappa shape index (κ2) is 11.0. The molecule has 2 aromatic carbocycles. The summed E-state index contributed by atoms with van der Waals surface area (Å²) in [5.41, 5.74) is 2.90. The molecule has 0 aromatic heterocycles. The number of carbonyl (C=O) groups is 2. The summed E-state index contributed by atoms with van der Waals surface area (Å²) in [7, 11) is 0. The summed E-state index contributed by atoms with van der Waals surface area (Å²) in [5.74, 6) is 0.481. The van der Waals surface area contributed by atoms with Gasteiger partial charge in [0, 0.05) is 18.1 Å². The maximum absolute atomic E-state index is 13.1. The minimum atomic E-state index is -0.657. The van der Waals surface area contributed by atoms with Gasteiger partial charge in [-0.3, -0.25) is 9.59 Å². The van der Waals surface area contributed by atoms with Gasteiger partial charge in [0.2, 0.25) is 5.91 Å². The van der Waals surface area contributed by atoms with E-state index in [1.165, 1.54) is 4.90 Å². The molecule has 2 amide bonds. The van der Waals surface area contributed by atoms with E-state index >= 15 is 0 Å². The molecule has 0 saturated carbocycles. The SMILES string of the molecule is Cc1cc(C)cc(OCC(=O)N(Cc2ccccc2Cl)[C@@H](C)C(=O)NCC(C)C)c1. The predicted octanol–water partition coefficient (Wildman–Crippen LogP) is 4.53. The zero-order chi connectivity index (χ0) is 22.3. The molecular formula is C24H31ClN2O3. The van der Waals surface area contributed by atoms with Crippen LogP contribution in [0.15, 0.2) is 42.5 Å². The molecule has 0 bridgehead atoms. The molecule has 0 spiro atoms. The third-order valence-electron chi connectivity index (χ3n) is 4.71. The second-order valence-corrected chi connectivity index (χ2v) is 8.45. The molecule has 0 heterocycles. The second-order valence-electron chi connectivity index (χ2n) is 8.04. The van der Waals surface area contributed by atoms with Gasteiger partial charge in [-0.1, -0.05) is 49.7 Å². The van der Waals surface area contributed by atoms with Gasteiger partial charge in [0.05, 0.1) is 0 Å². The highest BCUT2D eigenvalue weighted by Gasteiger charge is 2.27. The van der Waals surface area contributed by atoms with Gasteiger partial charge in [0.25, 0.3) is 5.91 Å². The Morgan fingerprint density at radius 1 is 1.07 bits per heavy atom. The Balaban J connectivity index is 2.17. The molecule has 0 radical (unpaired) electrons. The number of nitrogens with one attached hydrogen (secondary N) is 1. The number of rotatable bonds is 9. The summed E-state index contributed by atoms with van der Waals surface area (Å²) in [6.45, 7) is 10.3. The summed E-state index contributed by atoms with van der Waals surface area (Å²) in [5, 5.41) is 3.46. The lowest BCUT2D eigenvalue weighted by Crippen LogP contribution is -2.49. The summed E-state index contributed by atoms with van der Waals surface area (Å²) >= 11 is 6.30. The van der Waals surface area contributed by atoms with Crippen molar-refractivity contribution in [1.82, 2.24) is 10.2 Å². The number of carbonyl (C=O) groups excluding carboxylic acids is 2. The first-order valence-electron chi connectivity index (χ1n) is 10.2. The number of hydrogen-bond donors (Lipinski definition) is 1. The topological polar surface area (TPSA) is 58.6 Å². The van der Waals surface area contributed by atoms with Crippen LogP contribution in [0.5, 0.6) is 5.75 Å². The van der Waals surface area contributed by atoms with Gasteiger partial charge in [-0.05, 0) is 61.6 Å². The van der Waals surface area contributed by atoms with Crippen molar-refractivity contribution in [2.24, 2.45) is 5.92 Å². The fraction of sp³-hybridized carbons (Fsp3) is 0.417. The lowest BCUT2D eigenvalue weighted by atomic mass is 10.1. The zero-order valence-electron chi connectivity index (χ0n) is 18.4. The van der Waals surface area contributed by atoms with E-state index < -0.39 is 6.04 Å². The third-order valence-corrected chi connectivity index (χ3v) is 5.08. The van der Waals surface area contributed by atoms with E-state index in [-0.39, 0.29) is 25.0 Å². The highest BCUT2D eigenvalue weighted by molar-refractivity contribution is 6.31. The van der Waals surface area contributed by atoms with Gasteiger partial charge in [-0.25, -0.2) is 0 Å². The van der Waals surface area contributed by atoms with Crippen LogP contribution >= 0.6 is 11.6 Å². The Kier molecular flexibility index (Phi) is 8.72. The van der Waals surface area contributed by atoms with Crippen LogP contribution in [0.4, 0.5) is 0 Å². The maximum Gasteiger partial charge on any atom is 0.261 e. The number of benzene rings is 2. The number of hydrogen-bond acceptors (Lipinski definition) is 3. The Morgan fingerprint density at radius 3 is 2.30 bits per heavy atom. The van der Waals surface area contributed by atoms with Crippen molar-refractivity contribution in [2.75, 3.05) is 13.2 Å². The first-order chi connectivity index (χ1) is 14.2. The molecule has 0 aliphatic rings. The van der Waals surface area contributed by atoms with Gasteiger partial charge >= 0.3 is 0 Å². The summed E-state index contributed by atoms with van der Waals surface area (Å²) < 4.78 is 5.75. The molecule has 162 valence electrons. The lowest BCUT2D eigenvalue weighted by Gasteiger charge is -2.29. The van der Waals surface area contributed by atoms with E-state index in [1.807, 2.05) is 64.1 Å². The standard InChI is InChI=1S/C24H31ClN2O3/c1-16(2)13-26-24(29)19(5)27(14-20-8-6-7-9-22(20)25)23(28)15-30-21-11-17(3)10-18(4)12-21/h6-12,16,19H,13-15H2,1-5H3,(H,26,29)/t19-/m0/s1. The van der Waals surface area contributed by atoms with Crippen LogP contribution in [0.3, 0.4) is 0 Å². The molecule has 0 saturated heterocycles. The van der Waals surface area contributed by atoms with Crippen LogP contribution in [0.1, 0.15) is 37.5 Å².